The van der Waals surface area contributed by atoms with Gasteiger partial charge in [-0.05, 0) is 19.1 Å². The van der Waals surface area contributed by atoms with Crippen molar-refractivity contribution >= 4 is 0 Å². The summed E-state index contributed by atoms with van der Waals surface area (Å²) in [6.07, 6.45) is 0. The maximum Gasteiger partial charge on any atom is 0.128 e. The van der Waals surface area contributed by atoms with Crippen LogP contribution in [0.1, 0.15) is 26.3 Å². The maximum absolute atomic E-state index is 5.42. The van der Waals surface area contributed by atoms with E-state index < -0.39 is 0 Å². The number of rotatable bonds is 5. The molecule has 0 aliphatic rings. The van der Waals surface area contributed by atoms with E-state index in [1.165, 1.54) is 0 Å². The van der Waals surface area contributed by atoms with Crippen LogP contribution in [0.4, 0.5) is 0 Å². The number of hydrogen-bond acceptors (Lipinski definition) is 4. The summed E-state index contributed by atoms with van der Waals surface area (Å²) in [7, 11) is 1.60. The fraction of sp³-hybridized carbons (Fsp3) is 0.500. The van der Waals surface area contributed by atoms with Gasteiger partial charge in [0.05, 0.1) is 19.3 Å². The van der Waals surface area contributed by atoms with Gasteiger partial charge in [-0.25, -0.2) is 5.90 Å². The van der Waals surface area contributed by atoms with Crippen molar-refractivity contribution in [1.82, 2.24) is 0 Å². The van der Waals surface area contributed by atoms with Gasteiger partial charge in [-0.2, -0.15) is 0 Å². The fourth-order valence-corrected chi connectivity index (χ4v) is 1.25. The van der Waals surface area contributed by atoms with E-state index >= 15 is 0 Å². The SMILES string of the molecule is CC.CCOc1cccc(OC)c1CON. The lowest BCUT2D eigenvalue weighted by Gasteiger charge is -2.12. The van der Waals surface area contributed by atoms with Gasteiger partial charge in [-0.1, -0.05) is 19.9 Å². The predicted molar refractivity (Wildman–Crippen MR) is 64.5 cm³/mol. The third kappa shape index (κ3) is 4.08. The summed E-state index contributed by atoms with van der Waals surface area (Å²) in [5.41, 5.74) is 0.833. The molecule has 0 radical (unpaired) electrons. The summed E-state index contributed by atoms with van der Waals surface area (Å²) in [6.45, 7) is 6.80. The Morgan fingerprint density at radius 1 is 1.19 bits per heavy atom. The number of ether oxygens (including phenoxy) is 2. The van der Waals surface area contributed by atoms with Crippen LogP contribution in [0, 0.1) is 0 Å². The highest BCUT2D eigenvalue weighted by Crippen LogP contribution is 2.28. The van der Waals surface area contributed by atoms with Crippen molar-refractivity contribution in [3.63, 3.8) is 0 Å². The molecule has 1 rings (SSSR count). The Morgan fingerprint density at radius 2 is 1.81 bits per heavy atom. The Bertz CT molecular complexity index is 290. The minimum absolute atomic E-state index is 0.277. The zero-order chi connectivity index (χ0) is 12.4. The lowest BCUT2D eigenvalue weighted by molar-refractivity contribution is 0.119. The van der Waals surface area contributed by atoms with E-state index in [1.807, 2.05) is 39.0 Å². The van der Waals surface area contributed by atoms with Crippen LogP contribution in [0.2, 0.25) is 0 Å². The van der Waals surface area contributed by atoms with Crippen LogP contribution < -0.4 is 15.4 Å². The average molecular weight is 227 g/mol. The molecular weight excluding hydrogens is 206 g/mol. The van der Waals surface area contributed by atoms with Gasteiger partial charge >= 0.3 is 0 Å². The van der Waals surface area contributed by atoms with Crippen LogP contribution in [0.3, 0.4) is 0 Å². The topological polar surface area (TPSA) is 53.7 Å². The molecule has 4 nitrogen and oxygen atoms in total. The van der Waals surface area contributed by atoms with Crippen molar-refractivity contribution in [2.45, 2.75) is 27.4 Å². The second kappa shape index (κ2) is 9.00. The molecule has 2 N–H and O–H groups in total. The first-order chi connectivity index (χ1) is 7.83. The van der Waals surface area contributed by atoms with E-state index in [4.69, 9.17) is 15.4 Å². The molecular formula is C12H21NO3. The average Bonchev–Trinajstić information content (AvgIpc) is 2.34. The van der Waals surface area contributed by atoms with Gasteiger partial charge in [0.25, 0.3) is 0 Å². The molecule has 0 spiro atoms. The Labute approximate surface area is 97.3 Å². The third-order valence-corrected chi connectivity index (χ3v) is 1.84. The van der Waals surface area contributed by atoms with Gasteiger partial charge in [-0.15, -0.1) is 0 Å². The molecule has 16 heavy (non-hydrogen) atoms. The molecule has 4 heteroatoms. The summed E-state index contributed by atoms with van der Waals surface area (Å²) in [4.78, 5) is 4.60. The van der Waals surface area contributed by atoms with E-state index in [0.717, 1.165) is 17.1 Å². The Kier molecular flexibility index (Phi) is 8.29. The quantitative estimate of drug-likeness (QED) is 0.785. The number of methoxy groups -OCH3 is 1. The lowest BCUT2D eigenvalue weighted by atomic mass is 10.2. The number of nitrogens with two attached hydrogens (primary N) is 1. The monoisotopic (exact) mass is 227 g/mol. The van der Waals surface area contributed by atoms with E-state index in [2.05, 4.69) is 4.84 Å². The van der Waals surface area contributed by atoms with Crippen molar-refractivity contribution in [1.29, 1.82) is 0 Å². The number of benzene rings is 1. The van der Waals surface area contributed by atoms with Crippen LogP contribution in [-0.4, -0.2) is 13.7 Å². The van der Waals surface area contributed by atoms with Gasteiger partial charge in [-0.3, -0.25) is 4.84 Å². The van der Waals surface area contributed by atoms with Crippen LogP contribution in [0.5, 0.6) is 11.5 Å². The molecule has 0 fully saturated rings. The summed E-state index contributed by atoms with van der Waals surface area (Å²) in [6, 6.07) is 5.57. The summed E-state index contributed by atoms with van der Waals surface area (Å²) >= 11 is 0. The normalized spacial score (nSPS) is 9.06. The molecule has 1 aromatic carbocycles. The standard InChI is InChI=1S/C10H15NO3.C2H6/c1-3-13-10-6-4-5-9(12-2)8(10)7-14-11;1-2/h4-6H,3,7,11H2,1-2H3;1-2H3. The van der Waals surface area contributed by atoms with Gasteiger partial charge in [0.2, 0.25) is 0 Å². The van der Waals surface area contributed by atoms with Gasteiger partial charge in [0, 0.05) is 0 Å². The predicted octanol–water partition coefficient (Wildman–Crippen LogP) is 2.51. The first-order valence-electron chi connectivity index (χ1n) is 5.43. The van der Waals surface area contributed by atoms with Crippen LogP contribution in [0.15, 0.2) is 18.2 Å². The third-order valence-electron chi connectivity index (χ3n) is 1.84. The minimum Gasteiger partial charge on any atom is -0.496 e. The van der Waals surface area contributed by atoms with Crippen molar-refractivity contribution < 1.29 is 14.3 Å². The zero-order valence-corrected chi connectivity index (χ0v) is 10.4. The van der Waals surface area contributed by atoms with Gasteiger partial charge < -0.3 is 9.47 Å². The summed E-state index contributed by atoms with van der Waals surface area (Å²) in [5, 5.41) is 0. The van der Waals surface area contributed by atoms with E-state index in [9.17, 15) is 0 Å². The molecule has 0 saturated carbocycles. The van der Waals surface area contributed by atoms with Crippen LogP contribution in [-0.2, 0) is 11.4 Å². The first kappa shape index (κ1) is 14.7. The highest BCUT2D eigenvalue weighted by Gasteiger charge is 2.09. The van der Waals surface area contributed by atoms with Gasteiger partial charge in [0.15, 0.2) is 0 Å². The molecule has 0 atom stereocenters. The molecule has 92 valence electrons. The summed E-state index contributed by atoms with van der Waals surface area (Å²) < 4.78 is 10.6. The van der Waals surface area contributed by atoms with E-state index in [-0.39, 0.29) is 6.61 Å². The second-order valence-electron chi connectivity index (χ2n) is 2.68. The molecule has 0 heterocycles. The Balaban J connectivity index is 0.00000106. The van der Waals surface area contributed by atoms with Gasteiger partial charge in [0.1, 0.15) is 18.1 Å². The largest absolute Gasteiger partial charge is 0.496 e. The van der Waals surface area contributed by atoms with Crippen LogP contribution in [0.25, 0.3) is 0 Å². The molecule has 0 saturated heterocycles. The molecule has 0 aliphatic carbocycles. The molecule has 0 bridgehead atoms. The fourth-order valence-electron chi connectivity index (χ4n) is 1.25. The highest BCUT2D eigenvalue weighted by atomic mass is 16.6. The van der Waals surface area contributed by atoms with Crippen molar-refractivity contribution in [2.75, 3.05) is 13.7 Å². The Morgan fingerprint density at radius 3 is 2.31 bits per heavy atom. The lowest BCUT2D eigenvalue weighted by Crippen LogP contribution is -2.04. The molecule has 0 unspecified atom stereocenters. The maximum atomic E-state index is 5.42. The number of hydrogen-bond donors (Lipinski definition) is 1. The highest BCUT2D eigenvalue weighted by molar-refractivity contribution is 5.44. The first-order valence-corrected chi connectivity index (χ1v) is 5.43. The van der Waals surface area contributed by atoms with Crippen LogP contribution >= 0.6 is 0 Å². The van der Waals surface area contributed by atoms with Crippen molar-refractivity contribution in [2.24, 2.45) is 5.90 Å². The van der Waals surface area contributed by atoms with E-state index in [1.54, 1.807) is 7.11 Å². The van der Waals surface area contributed by atoms with Crippen molar-refractivity contribution in [3.8, 4) is 11.5 Å². The van der Waals surface area contributed by atoms with E-state index in [0.29, 0.717) is 6.61 Å². The minimum atomic E-state index is 0.277. The molecule has 0 aromatic heterocycles. The smallest absolute Gasteiger partial charge is 0.128 e. The second-order valence-corrected chi connectivity index (χ2v) is 2.68. The molecule has 0 amide bonds. The Hall–Kier alpha value is -1.26. The molecule has 0 aliphatic heterocycles. The zero-order valence-electron chi connectivity index (χ0n) is 10.4. The molecule has 1 aromatic rings. The summed E-state index contributed by atoms with van der Waals surface area (Å²) in [5.74, 6) is 6.51. The van der Waals surface area contributed by atoms with Crippen molar-refractivity contribution in [3.05, 3.63) is 23.8 Å².